The third-order valence-corrected chi connectivity index (χ3v) is 1.79. The van der Waals surface area contributed by atoms with E-state index in [2.05, 4.69) is 10.6 Å². The molecule has 2 amide bonds. The second-order valence-corrected chi connectivity index (χ2v) is 3.37. The standard InChI is InChI=1S/C10H18N2O3/c1-3-11-9(14)4-5-12-10(15)6-8(2)7-13/h7-8H,3-6H2,1-2H3,(H,11,14)(H,12,15). The fourth-order valence-corrected chi connectivity index (χ4v) is 1.01. The number of nitrogens with one attached hydrogen (secondary N) is 2. The Bertz CT molecular complexity index is 229. The highest BCUT2D eigenvalue weighted by molar-refractivity contribution is 5.80. The van der Waals surface area contributed by atoms with Crippen molar-refractivity contribution < 1.29 is 14.4 Å². The van der Waals surface area contributed by atoms with E-state index in [4.69, 9.17) is 0 Å². The van der Waals surface area contributed by atoms with Gasteiger partial charge in [0.15, 0.2) is 0 Å². The van der Waals surface area contributed by atoms with Crippen molar-refractivity contribution >= 4 is 18.1 Å². The van der Waals surface area contributed by atoms with Crippen molar-refractivity contribution in [3.8, 4) is 0 Å². The smallest absolute Gasteiger partial charge is 0.221 e. The fraction of sp³-hybridized carbons (Fsp3) is 0.700. The molecule has 2 N–H and O–H groups in total. The van der Waals surface area contributed by atoms with E-state index in [0.29, 0.717) is 13.1 Å². The van der Waals surface area contributed by atoms with Crippen LogP contribution in [0.1, 0.15) is 26.7 Å². The Morgan fingerprint density at radius 3 is 2.47 bits per heavy atom. The molecule has 0 aliphatic heterocycles. The molecule has 1 unspecified atom stereocenters. The van der Waals surface area contributed by atoms with Crippen molar-refractivity contribution in [3.63, 3.8) is 0 Å². The monoisotopic (exact) mass is 214 g/mol. The Balaban J connectivity index is 3.54. The predicted octanol–water partition coefficient (Wildman–Crippen LogP) is -0.146. The van der Waals surface area contributed by atoms with Crippen LogP contribution in [0.2, 0.25) is 0 Å². The lowest BCUT2D eigenvalue weighted by Crippen LogP contribution is -2.31. The summed E-state index contributed by atoms with van der Waals surface area (Å²) in [5.41, 5.74) is 0. The van der Waals surface area contributed by atoms with Gasteiger partial charge in [0.1, 0.15) is 6.29 Å². The summed E-state index contributed by atoms with van der Waals surface area (Å²) in [7, 11) is 0. The molecule has 0 saturated heterocycles. The van der Waals surface area contributed by atoms with Gasteiger partial charge in [-0.15, -0.1) is 0 Å². The Kier molecular flexibility index (Phi) is 7.23. The first-order valence-corrected chi connectivity index (χ1v) is 5.08. The summed E-state index contributed by atoms with van der Waals surface area (Å²) in [6.07, 6.45) is 1.19. The minimum atomic E-state index is -0.269. The minimum Gasteiger partial charge on any atom is -0.356 e. The number of aldehydes is 1. The van der Waals surface area contributed by atoms with Crippen molar-refractivity contribution in [2.24, 2.45) is 5.92 Å². The van der Waals surface area contributed by atoms with Crippen LogP contribution in [0.5, 0.6) is 0 Å². The van der Waals surface area contributed by atoms with Gasteiger partial charge >= 0.3 is 0 Å². The molecule has 86 valence electrons. The summed E-state index contributed by atoms with van der Waals surface area (Å²) < 4.78 is 0. The minimum absolute atomic E-state index is 0.0822. The number of hydrogen-bond donors (Lipinski definition) is 2. The number of hydrogen-bond acceptors (Lipinski definition) is 3. The quantitative estimate of drug-likeness (QED) is 0.579. The van der Waals surface area contributed by atoms with Gasteiger partial charge in [-0.25, -0.2) is 0 Å². The van der Waals surface area contributed by atoms with E-state index >= 15 is 0 Å². The first-order chi connectivity index (χ1) is 7.10. The maximum atomic E-state index is 11.2. The lowest BCUT2D eigenvalue weighted by molar-refractivity contribution is -0.124. The van der Waals surface area contributed by atoms with Crippen LogP contribution in [-0.4, -0.2) is 31.2 Å². The average Bonchev–Trinajstić information content (AvgIpc) is 2.18. The van der Waals surface area contributed by atoms with Crippen LogP contribution < -0.4 is 10.6 Å². The maximum Gasteiger partial charge on any atom is 0.221 e. The molecule has 0 aliphatic carbocycles. The van der Waals surface area contributed by atoms with E-state index in [9.17, 15) is 14.4 Å². The zero-order valence-corrected chi connectivity index (χ0v) is 9.21. The van der Waals surface area contributed by atoms with Crippen molar-refractivity contribution in [1.82, 2.24) is 10.6 Å². The highest BCUT2D eigenvalue weighted by atomic mass is 16.2. The molecule has 0 aliphatic rings. The third kappa shape index (κ3) is 7.66. The number of carbonyl (C=O) groups is 3. The van der Waals surface area contributed by atoms with Crippen molar-refractivity contribution in [2.75, 3.05) is 13.1 Å². The molecular formula is C10H18N2O3. The molecule has 0 radical (unpaired) electrons. The molecule has 0 fully saturated rings. The SMILES string of the molecule is CCNC(=O)CCNC(=O)CC(C)C=O. The van der Waals surface area contributed by atoms with E-state index < -0.39 is 0 Å². The summed E-state index contributed by atoms with van der Waals surface area (Å²) >= 11 is 0. The molecular weight excluding hydrogens is 196 g/mol. The van der Waals surface area contributed by atoms with Gasteiger partial charge in [-0.05, 0) is 6.92 Å². The molecule has 0 rings (SSSR count). The van der Waals surface area contributed by atoms with Gasteiger partial charge in [0.2, 0.25) is 11.8 Å². The van der Waals surface area contributed by atoms with Crippen LogP contribution in [0.15, 0.2) is 0 Å². The summed E-state index contributed by atoms with van der Waals surface area (Å²) in [6.45, 7) is 4.42. The summed E-state index contributed by atoms with van der Waals surface area (Å²) in [5, 5.41) is 5.20. The summed E-state index contributed by atoms with van der Waals surface area (Å²) in [5.74, 6) is -0.547. The van der Waals surface area contributed by atoms with Crippen LogP contribution in [0, 0.1) is 5.92 Å². The normalized spacial score (nSPS) is 11.6. The molecule has 0 aromatic carbocycles. The number of rotatable bonds is 7. The van der Waals surface area contributed by atoms with E-state index in [1.54, 1.807) is 6.92 Å². The van der Waals surface area contributed by atoms with E-state index in [1.165, 1.54) is 0 Å². The first kappa shape index (κ1) is 13.6. The largest absolute Gasteiger partial charge is 0.356 e. The van der Waals surface area contributed by atoms with Gasteiger partial charge in [-0.1, -0.05) is 6.92 Å². The van der Waals surface area contributed by atoms with Crippen LogP contribution in [0.25, 0.3) is 0 Å². The van der Waals surface area contributed by atoms with Crippen molar-refractivity contribution in [2.45, 2.75) is 26.7 Å². The van der Waals surface area contributed by atoms with Gasteiger partial charge < -0.3 is 15.4 Å². The summed E-state index contributed by atoms with van der Waals surface area (Å²) in [6, 6.07) is 0. The van der Waals surface area contributed by atoms with Crippen LogP contribution in [0.4, 0.5) is 0 Å². The molecule has 0 saturated carbocycles. The fourth-order valence-electron chi connectivity index (χ4n) is 1.01. The molecule has 0 bridgehead atoms. The second-order valence-electron chi connectivity index (χ2n) is 3.37. The number of carbonyl (C=O) groups excluding carboxylic acids is 3. The van der Waals surface area contributed by atoms with Gasteiger partial charge in [0.05, 0.1) is 0 Å². The third-order valence-electron chi connectivity index (χ3n) is 1.79. The van der Waals surface area contributed by atoms with Crippen LogP contribution in [0.3, 0.4) is 0 Å². The zero-order valence-electron chi connectivity index (χ0n) is 9.21. The Labute approximate surface area is 89.6 Å². The molecule has 0 aromatic rings. The van der Waals surface area contributed by atoms with Crippen LogP contribution >= 0.6 is 0 Å². The molecule has 5 heteroatoms. The highest BCUT2D eigenvalue weighted by Gasteiger charge is 2.07. The highest BCUT2D eigenvalue weighted by Crippen LogP contribution is 1.96. The molecule has 0 spiro atoms. The van der Waals surface area contributed by atoms with Gasteiger partial charge in [0.25, 0.3) is 0 Å². The Morgan fingerprint density at radius 2 is 1.93 bits per heavy atom. The maximum absolute atomic E-state index is 11.2. The average molecular weight is 214 g/mol. The Morgan fingerprint density at radius 1 is 1.27 bits per heavy atom. The van der Waals surface area contributed by atoms with Gasteiger partial charge in [0, 0.05) is 31.8 Å². The van der Waals surface area contributed by atoms with Crippen molar-refractivity contribution in [1.29, 1.82) is 0 Å². The first-order valence-electron chi connectivity index (χ1n) is 5.08. The predicted molar refractivity (Wildman–Crippen MR) is 56.2 cm³/mol. The van der Waals surface area contributed by atoms with E-state index in [-0.39, 0.29) is 30.6 Å². The molecule has 15 heavy (non-hydrogen) atoms. The summed E-state index contributed by atoms with van der Waals surface area (Å²) in [4.78, 5) is 32.4. The molecule has 0 heterocycles. The topological polar surface area (TPSA) is 75.3 Å². The zero-order chi connectivity index (χ0) is 11.7. The molecule has 0 aromatic heterocycles. The molecule has 1 atom stereocenters. The number of amides is 2. The van der Waals surface area contributed by atoms with Gasteiger partial charge in [-0.2, -0.15) is 0 Å². The molecule has 5 nitrogen and oxygen atoms in total. The van der Waals surface area contributed by atoms with Crippen molar-refractivity contribution in [3.05, 3.63) is 0 Å². The van der Waals surface area contributed by atoms with Crippen LogP contribution in [-0.2, 0) is 14.4 Å². The lowest BCUT2D eigenvalue weighted by Gasteiger charge is -2.06. The lowest BCUT2D eigenvalue weighted by atomic mass is 10.1. The second kappa shape index (κ2) is 7.96. The Hall–Kier alpha value is -1.39. The van der Waals surface area contributed by atoms with E-state index in [1.807, 2.05) is 6.92 Å². The van der Waals surface area contributed by atoms with Gasteiger partial charge in [-0.3, -0.25) is 9.59 Å². The van der Waals surface area contributed by atoms with E-state index in [0.717, 1.165) is 6.29 Å².